The monoisotopic (exact) mass is 202 g/mol. The van der Waals surface area contributed by atoms with Gasteiger partial charge in [0.1, 0.15) is 0 Å². The van der Waals surface area contributed by atoms with Crippen LogP contribution in [0.1, 0.15) is 47.5 Å². The average molecular weight is 202 g/mol. The number of aliphatic hydroxyl groups is 1. The lowest BCUT2D eigenvalue weighted by molar-refractivity contribution is 0.0156. The van der Waals surface area contributed by atoms with Gasteiger partial charge in [0, 0.05) is 6.61 Å². The van der Waals surface area contributed by atoms with E-state index in [1.54, 1.807) is 0 Å². The lowest BCUT2D eigenvalue weighted by Crippen LogP contribution is -2.25. The first kappa shape index (κ1) is 13.9. The van der Waals surface area contributed by atoms with E-state index in [-0.39, 0.29) is 11.5 Å². The van der Waals surface area contributed by atoms with Crippen molar-refractivity contribution in [2.45, 2.75) is 53.6 Å². The second-order valence-corrected chi connectivity index (χ2v) is 5.23. The number of hydrogen-bond acceptors (Lipinski definition) is 2. The molecule has 0 aromatic heterocycles. The van der Waals surface area contributed by atoms with Crippen LogP contribution in [0.4, 0.5) is 0 Å². The highest BCUT2D eigenvalue weighted by Gasteiger charge is 2.22. The molecule has 0 heterocycles. The SMILES string of the molecule is CCCOCC(O)CC(C)C(C)(C)C. The Morgan fingerprint density at radius 1 is 1.29 bits per heavy atom. The number of aliphatic hydroxyl groups excluding tert-OH is 1. The van der Waals surface area contributed by atoms with Crippen molar-refractivity contribution in [2.24, 2.45) is 11.3 Å². The molecule has 14 heavy (non-hydrogen) atoms. The molecule has 0 aliphatic rings. The van der Waals surface area contributed by atoms with Crippen LogP contribution in [0.3, 0.4) is 0 Å². The number of rotatable bonds is 6. The maximum Gasteiger partial charge on any atom is 0.0776 e. The van der Waals surface area contributed by atoms with Crippen LogP contribution in [-0.2, 0) is 4.74 Å². The molecule has 0 aliphatic heterocycles. The van der Waals surface area contributed by atoms with Crippen LogP contribution < -0.4 is 0 Å². The maximum atomic E-state index is 9.68. The first-order valence-electron chi connectivity index (χ1n) is 5.63. The number of hydrogen-bond donors (Lipinski definition) is 1. The molecule has 0 amide bonds. The highest BCUT2D eigenvalue weighted by molar-refractivity contribution is 4.72. The zero-order valence-corrected chi connectivity index (χ0v) is 10.3. The van der Waals surface area contributed by atoms with Crippen LogP contribution in [0.2, 0.25) is 0 Å². The van der Waals surface area contributed by atoms with Gasteiger partial charge in [0.15, 0.2) is 0 Å². The summed E-state index contributed by atoms with van der Waals surface area (Å²) in [7, 11) is 0. The Labute approximate surface area is 88.7 Å². The fourth-order valence-electron chi connectivity index (χ4n) is 1.19. The second kappa shape index (κ2) is 6.41. The zero-order valence-electron chi connectivity index (χ0n) is 10.3. The minimum Gasteiger partial charge on any atom is -0.391 e. The minimum absolute atomic E-state index is 0.270. The van der Waals surface area contributed by atoms with Gasteiger partial charge in [0.2, 0.25) is 0 Å². The standard InChI is InChI=1S/C12H26O2/c1-6-7-14-9-11(13)8-10(2)12(3,4)5/h10-11,13H,6-9H2,1-5H3. The lowest BCUT2D eigenvalue weighted by atomic mass is 9.79. The average Bonchev–Trinajstić information content (AvgIpc) is 2.03. The van der Waals surface area contributed by atoms with E-state index in [1.165, 1.54) is 0 Å². The first-order valence-corrected chi connectivity index (χ1v) is 5.63. The van der Waals surface area contributed by atoms with Crippen molar-refractivity contribution in [1.29, 1.82) is 0 Å². The van der Waals surface area contributed by atoms with E-state index >= 15 is 0 Å². The molecule has 2 atom stereocenters. The van der Waals surface area contributed by atoms with Crippen molar-refractivity contribution in [3.05, 3.63) is 0 Å². The van der Waals surface area contributed by atoms with Crippen LogP contribution in [0.25, 0.3) is 0 Å². The molecular formula is C12H26O2. The molecule has 0 saturated carbocycles. The highest BCUT2D eigenvalue weighted by Crippen LogP contribution is 2.28. The molecule has 86 valence electrons. The lowest BCUT2D eigenvalue weighted by Gasteiger charge is -2.29. The van der Waals surface area contributed by atoms with Crippen LogP contribution in [0.15, 0.2) is 0 Å². The fourth-order valence-corrected chi connectivity index (χ4v) is 1.19. The van der Waals surface area contributed by atoms with E-state index in [1.807, 2.05) is 0 Å². The molecule has 0 spiro atoms. The first-order chi connectivity index (χ1) is 6.38. The Balaban J connectivity index is 3.66. The van der Waals surface area contributed by atoms with Crippen LogP contribution in [0, 0.1) is 11.3 Å². The quantitative estimate of drug-likeness (QED) is 0.671. The van der Waals surface area contributed by atoms with E-state index in [9.17, 15) is 5.11 Å². The van der Waals surface area contributed by atoms with Gasteiger partial charge in [-0.2, -0.15) is 0 Å². The van der Waals surface area contributed by atoms with Gasteiger partial charge in [-0.3, -0.25) is 0 Å². The number of ether oxygens (including phenoxy) is 1. The van der Waals surface area contributed by atoms with Gasteiger partial charge in [-0.1, -0.05) is 34.6 Å². The van der Waals surface area contributed by atoms with Gasteiger partial charge in [0.05, 0.1) is 12.7 Å². The third kappa shape index (κ3) is 6.39. The fraction of sp³-hybridized carbons (Fsp3) is 1.00. The van der Waals surface area contributed by atoms with Gasteiger partial charge in [-0.05, 0) is 24.2 Å². The molecule has 2 nitrogen and oxygen atoms in total. The van der Waals surface area contributed by atoms with E-state index in [4.69, 9.17) is 4.74 Å². The van der Waals surface area contributed by atoms with Gasteiger partial charge < -0.3 is 9.84 Å². The van der Waals surface area contributed by atoms with Gasteiger partial charge in [-0.15, -0.1) is 0 Å². The van der Waals surface area contributed by atoms with Crippen molar-refractivity contribution < 1.29 is 9.84 Å². The Morgan fingerprint density at radius 3 is 2.29 bits per heavy atom. The molecule has 0 aliphatic carbocycles. The second-order valence-electron chi connectivity index (χ2n) is 5.23. The van der Waals surface area contributed by atoms with Gasteiger partial charge in [-0.25, -0.2) is 0 Å². The Bertz CT molecular complexity index is 138. The molecule has 0 bridgehead atoms. The Hall–Kier alpha value is -0.0800. The molecule has 2 heteroatoms. The summed E-state index contributed by atoms with van der Waals surface area (Å²) in [6.07, 6.45) is 1.53. The van der Waals surface area contributed by atoms with E-state index in [0.29, 0.717) is 12.5 Å². The molecule has 0 aromatic carbocycles. The maximum absolute atomic E-state index is 9.68. The van der Waals surface area contributed by atoms with Crippen molar-refractivity contribution >= 4 is 0 Å². The van der Waals surface area contributed by atoms with Gasteiger partial charge in [0.25, 0.3) is 0 Å². The van der Waals surface area contributed by atoms with Crippen LogP contribution in [0.5, 0.6) is 0 Å². The Kier molecular flexibility index (Phi) is 6.38. The highest BCUT2D eigenvalue weighted by atomic mass is 16.5. The third-order valence-corrected chi connectivity index (χ3v) is 2.76. The molecule has 0 saturated heterocycles. The van der Waals surface area contributed by atoms with E-state index < -0.39 is 0 Å². The third-order valence-electron chi connectivity index (χ3n) is 2.76. The smallest absolute Gasteiger partial charge is 0.0776 e. The summed E-state index contributed by atoms with van der Waals surface area (Å²) in [5.41, 5.74) is 0.270. The summed E-state index contributed by atoms with van der Waals surface area (Å²) in [6.45, 7) is 12.1. The van der Waals surface area contributed by atoms with Crippen molar-refractivity contribution in [3.63, 3.8) is 0 Å². The van der Waals surface area contributed by atoms with Crippen molar-refractivity contribution in [3.8, 4) is 0 Å². The summed E-state index contributed by atoms with van der Waals surface area (Å²) >= 11 is 0. The van der Waals surface area contributed by atoms with E-state index in [2.05, 4.69) is 34.6 Å². The van der Waals surface area contributed by atoms with E-state index in [0.717, 1.165) is 19.4 Å². The topological polar surface area (TPSA) is 29.5 Å². The normalized spacial score (nSPS) is 16.7. The summed E-state index contributed by atoms with van der Waals surface area (Å²) in [4.78, 5) is 0. The van der Waals surface area contributed by atoms with Crippen molar-refractivity contribution in [2.75, 3.05) is 13.2 Å². The zero-order chi connectivity index (χ0) is 11.2. The summed E-state index contributed by atoms with van der Waals surface area (Å²) in [5, 5.41) is 9.68. The molecule has 2 unspecified atom stereocenters. The largest absolute Gasteiger partial charge is 0.391 e. The summed E-state index contributed by atoms with van der Waals surface area (Å²) < 4.78 is 5.31. The molecular weight excluding hydrogens is 176 g/mol. The van der Waals surface area contributed by atoms with Crippen molar-refractivity contribution in [1.82, 2.24) is 0 Å². The predicted molar refractivity (Wildman–Crippen MR) is 60.4 cm³/mol. The molecule has 0 aromatic rings. The minimum atomic E-state index is -0.309. The Morgan fingerprint density at radius 2 is 1.86 bits per heavy atom. The van der Waals surface area contributed by atoms with Crippen LogP contribution >= 0.6 is 0 Å². The summed E-state index contributed by atoms with van der Waals surface area (Å²) in [5.74, 6) is 0.516. The molecule has 1 N–H and O–H groups in total. The van der Waals surface area contributed by atoms with Gasteiger partial charge >= 0.3 is 0 Å². The van der Waals surface area contributed by atoms with Crippen LogP contribution in [-0.4, -0.2) is 24.4 Å². The molecule has 0 fully saturated rings. The summed E-state index contributed by atoms with van der Waals surface area (Å²) in [6, 6.07) is 0. The predicted octanol–water partition coefficient (Wildman–Crippen LogP) is 2.85. The molecule has 0 rings (SSSR count). The molecule has 0 radical (unpaired) electrons.